The number of piperidine rings is 2. The highest BCUT2D eigenvalue weighted by atomic mass is 16.6. The van der Waals surface area contributed by atoms with Crippen molar-refractivity contribution in [2.45, 2.75) is 82.1 Å². The summed E-state index contributed by atoms with van der Waals surface area (Å²) in [7, 11) is 2.71. The Balaban J connectivity index is 0.000000214. The first-order valence-corrected chi connectivity index (χ1v) is 20.7. The molecule has 3 aliphatic rings. The van der Waals surface area contributed by atoms with Gasteiger partial charge >= 0.3 is 24.1 Å². The molecule has 2 saturated heterocycles. The predicted molar refractivity (Wildman–Crippen MR) is 229 cm³/mol. The Morgan fingerprint density at radius 1 is 0.583 bits per heavy atom. The zero-order valence-corrected chi connectivity index (χ0v) is 35.4. The molecule has 0 atom stereocenters. The van der Waals surface area contributed by atoms with Gasteiger partial charge in [0, 0.05) is 45.2 Å². The second kappa shape index (κ2) is 19.6. The average Bonchev–Trinajstić information content (AvgIpc) is 3.57. The van der Waals surface area contributed by atoms with Crippen molar-refractivity contribution in [1.29, 1.82) is 0 Å². The van der Waals surface area contributed by atoms with Crippen LogP contribution in [0.3, 0.4) is 0 Å². The molecule has 12 nitrogen and oxygen atoms in total. The first kappa shape index (κ1) is 43.8. The van der Waals surface area contributed by atoms with Gasteiger partial charge in [-0.05, 0) is 79.8 Å². The second-order valence-electron chi connectivity index (χ2n) is 16.7. The van der Waals surface area contributed by atoms with Gasteiger partial charge in [-0.25, -0.2) is 19.2 Å². The number of methoxy groups -OCH3 is 2. The van der Waals surface area contributed by atoms with Gasteiger partial charge in [-0.1, -0.05) is 109 Å². The number of hydrogen-bond donors (Lipinski definition) is 2. The van der Waals surface area contributed by atoms with Crippen LogP contribution < -0.4 is 10.6 Å². The van der Waals surface area contributed by atoms with E-state index in [4.69, 9.17) is 18.9 Å². The van der Waals surface area contributed by atoms with Crippen LogP contribution in [0.4, 0.5) is 9.59 Å². The van der Waals surface area contributed by atoms with E-state index in [1.807, 2.05) is 60.7 Å². The number of ether oxygens (including phenoxy) is 4. The van der Waals surface area contributed by atoms with E-state index in [1.54, 1.807) is 20.8 Å². The van der Waals surface area contributed by atoms with E-state index in [2.05, 4.69) is 69.0 Å². The molecule has 4 aromatic rings. The third kappa shape index (κ3) is 10.9. The molecule has 318 valence electrons. The number of carbonyl (C=O) groups excluding carboxylic acids is 4. The summed E-state index contributed by atoms with van der Waals surface area (Å²) in [5.74, 6) is -0.877. The van der Waals surface area contributed by atoms with E-state index in [0.717, 1.165) is 24.2 Å². The molecule has 0 bridgehead atoms. The molecule has 1 aliphatic carbocycles. The minimum atomic E-state index is -1.08. The number of alkyl carbamates (subject to hydrolysis) is 2. The smallest absolute Gasteiger partial charge is 0.408 e. The maximum absolute atomic E-state index is 12.9. The summed E-state index contributed by atoms with van der Waals surface area (Å²) in [4.78, 5) is 54.8. The summed E-state index contributed by atoms with van der Waals surface area (Å²) in [6.07, 6.45) is 0.744. The molecule has 0 spiro atoms. The SMILES string of the molecule is COC(=O)C1(NC(=O)OC(C)(C)C)CCN(Cc2ccccc2)CC1.COC(=O)C1(NC(=O)OCC2c3ccccc3-c3ccccc32)CCN(Cc2ccccc2)CC1. The molecule has 2 heterocycles. The third-order valence-corrected chi connectivity index (χ3v) is 11.5. The zero-order valence-electron chi connectivity index (χ0n) is 35.4. The monoisotopic (exact) mass is 818 g/mol. The minimum Gasteiger partial charge on any atom is -0.467 e. The van der Waals surface area contributed by atoms with Crippen molar-refractivity contribution in [2.24, 2.45) is 0 Å². The lowest BCUT2D eigenvalue weighted by Crippen LogP contribution is -2.60. The van der Waals surface area contributed by atoms with Crippen molar-refractivity contribution in [1.82, 2.24) is 20.4 Å². The van der Waals surface area contributed by atoms with Gasteiger partial charge in [0.15, 0.2) is 0 Å². The highest BCUT2D eigenvalue weighted by Crippen LogP contribution is 2.44. The molecule has 2 N–H and O–H groups in total. The lowest BCUT2D eigenvalue weighted by atomic mass is 9.87. The lowest BCUT2D eigenvalue weighted by molar-refractivity contribution is -0.151. The largest absolute Gasteiger partial charge is 0.467 e. The van der Waals surface area contributed by atoms with E-state index in [9.17, 15) is 19.2 Å². The number of benzene rings is 4. The fourth-order valence-electron chi connectivity index (χ4n) is 8.35. The summed E-state index contributed by atoms with van der Waals surface area (Å²) in [5, 5.41) is 5.64. The Morgan fingerprint density at radius 3 is 1.37 bits per heavy atom. The number of carbonyl (C=O) groups is 4. The summed E-state index contributed by atoms with van der Waals surface area (Å²) in [5.41, 5.74) is 4.39. The Kier molecular flexibility index (Phi) is 14.3. The molecule has 2 amide bonds. The quantitative estimate of drug-likeness (QED) is 0.123. The van der Waals surface area contributed by atoms with Gasteiger partial charge in [-0.3, -0.25) is 9.80 Å². The normalized spacial score (nSPS) is 17.1. The highest BCUT2D eigenvalue weighted by molar-refractivity contribution is 5.87. The molecular formula is C48H58N4O8. The van der Waals surface area contributed by atoms with Crippen molar-refractivity contribution in [2.75, 3.05) is 47.0 Å². The molecule has 12 heteroatoms. The van der Waals surface area contributed by atoms with Crippen molar-refractivity contribution in [3.8, 4) is 11.1 Å². The van der Waals surface area contributed by atoms with Crippen LogP contribution in [0.1, 0.15) is 74.6 Å². The molecule has 0 unspecified atom stereocenters. The minimum absolute atomic E-state index is 0.0325. The van der Waals surface area contributed by atoms with E-state index >= 15 is 0 Å². The van der Waals surface area contributed by atoms with Crippen LogP contribution in [-0.2, 0) is 41.6 Å². The first-order chi connectivity index (χ1) is 28.8. The molecule has 4 aromatic carbocycles. The molecule has 0 aromatic heterocycles. The van der Waals surface area contributed by atoms with E-state index in [1.165, 1.54) is 36.5 Å². The number of nitrogens with one attached hydrogen (secondary N) is 2. The highest BCUT2D eigenvalue weighted by Gasteiger charge is 2.46. The van der Waals surface area contributed by atoms with Gasteiger partial charge in [0.05, 0.1) is 14.2 Å². The van der Waals surface area contributed by atoms with Gasteiger partial charge in [0.2, 0.25) is 0 Å². The van der Waals surface area contributed by atoms with Crippen molar-refractivity contribution in [3.05, 3.63) is 131 Å². The first-order valence-electron chi connectivity index (χ1n) is 20.7. The molecule has 60 heavy (non-hydrogen) atoms. The van der Waals surface area contributed by atoms with E-state index < -0.39 is 40.8 Å². The van der Waals surface area contributed by atoms with Gasteiger partial charge in [-0.2, -0.15) is 0 Å². The topological polar surface area (TPSA) is 136 Å². The lowest BCUT2D eigenvalue weighted by Gasteiger charge is -2.40. The van der Waals surface area contributed by atoms with Crippen LogP contribution in [0.15, 0.2) is 109 Å². The third-order valence-electron chi connectivity index (χ3n) is 11.5. The number of amides is 2. The van der Waals surface area contributed by atoms with Crippen LogP contribution in [0.5, 0.6) is 0 Å². The average molecular weight is 819 g/mol. The van der Waals surface area contributed by atoms with E-state index in [-0.39, 0.29) is 12.5 Å². The summed E-state index contributed by atoms with van der Waals surface area (Å²) < 4.78 is 21.1. The van der Waals surface area contributed by atoms with Crippen LogP contribution in [0, 0.1) is 0 Å². The molecule has 0 radical (unpaired) electrons. The molecule has 0 saturated carbocycles. The van der Waals surface area contributed by atoms with E-state index in [0.29, 0.717) is 51.9 Å². The Morgan fingerprint density at radius 2 is 0.967 bits per heavy atom. The van der Waals surface area contributed by atoms with Gasteiger partial charge in [0.25, 0.3) is 0 Å². The molecular weight excluding hydrogens is 761 g/mol. The molecule has 2 aliphatic heterocycles. The maximum atomic E-state index is 12.9. The van der Waals surface area contributed by atoms with Crippen molar-refractivity contribution >= 4 is 24.1 Å². The maximum Gasteiger partial charge on any atom is 0.408 e. The summed E-state index contributed by atoms with van der Waals surface area (Å²) >= 11 is 0. The number of rotatable bonds is 10. The van der Waals surface area contributed by atoms with Crippen LogP contribution in [-0.4, -0.2) is 97.6 Å². The number of likely N-dealkylation sites (tertiary alicyclic amines) is 2. The molecule has 7 rings (SSSR count). The van der Waals surface area contributed by atoms with Crippen LogP contribution >= 0.6 is 0 Å². The summed E-state index contributed by atoms with van der Waals surface area (Å²) in [6.45, 7) is 9.95. The Labute approximate surface area is 353 Å². The van der Waals surface area contributed by atoms with Gasteiger partial charge in [-0.15, -0.1) is 0 Å². The van der Waals surface area contributed by atoms with Crippen LogP contribution in [0.25, 0.3) is 11.1 Å². The standard InChI is InChI=1S/C29H30N2O4.C19H28N2O4/c1-34-27(32)29(15-17-31(18-16-29)19-21-9-3-2-4-10-21)30-28(33)35-20-26-24-13-7-5-11-22(24)23-12-6-8-14-25(23)26;1-18(2,3)25-17(23)20-19(16(22)24-4)10-12-21(13-11-19)14-15-8-6-5-7-9-15/h2-14,26H,15-20H2,1H3,(H,30,33);5-9H,10-14H2,1-4H3,(H,20,23). The van der Waals surface area contributed by atoms with Crippen molar-refractivity contribution in [3.63, 3.8) is 0 Å². The fraction of sp³-hybridized carbons (Fsp3) is 0.417. The Bertz CT molecular complexity index is 2030. The number of esters is 2. The summed E-state index contributed by atoms with van der Waals surface area (Å²) in [6, 6.07) is 36.9. The van der Waals surface area contributed by atoms with Gasteiger partial charge in [0.1, 0.15) is 23.3 Å². The second-order valence-corrected chi connectivity index (χ2v) is 16.7. The fourth-order valence-corrected chi connectivity index (χ4v) is 8.35. The zero-order chi connectivity index (χ0) is 42.8. The predicted octanol–water partition coefficient (Wildman–Crippen LogP) is 7.45. The molecule has 2 fully saturated rings. The number of fused-ring (bicyclic) bond motifs is 3. The Hall–Kier alpha value is -5.72. The van der Waals surface area contributed by atoms with Crippen LogP contribution in [0.2, 0.25) is 0 Å². The van der Waals surface area contributed by atoms with Crippen molar-refractivity contribution < 1.29 is 38.1 Å². The number of hydrogen-bond acceptors (Lipinski definition) is 10. The number of nitrogens with zero attached hydrogens (tertiary/aromatic N) is 2. The van der Waals surface area contributed by atoms with Gasteiger partial charge < -0.3 is 29.6 Å².